The molecular weight excluding hydrogens is 2010 g/mol. The Labute approximate surface area is 723 Å². The molecule has 0 spiro atoms. The minimum Gasteiger partial charge on any atom is -0.493 e. The largest absolute Gasteiger partial charge is 0.493 e. The highest BCUT2D eigenvalue weighted by Gasteiger charge is 2.92. The number of ether oxygens (including phenoxy) is 8. The predicted octanol–water partition coefficient (Wildman–Crippen LogP) is 26.6. The van der Waals surface area contributed by atoms with E-state index in [2.05, 4.69) is 38.9 Å². The lowest BCUT2D eigenvalue weighted by Crippen LogP contribution is -2.69. The molecule has 9 rings (SSSR count). The van der Waals surface area contributed by atoms with E-state index < -0.39 is 306 Å². The monoisotopic (exact) mass is 2050 g/mol. The van der Waals surface area contributed by atoms with Crippen LogP contribution in [0, 0.1) is 0 Å². The van der Waals surface area contributed by atoms with Gasteiger partial charge in [0.15, 0.2) is 72.4 Å². The number of methoxy groups -OCH3 is 4. The second-order valence-corrected chi connectivity index (χ2v) is 28.5. The molecule has 0 atom stereocenters. The van der Waals surface area contributed by atoms with Crippen molar-refractivity contribution in [3.05, 3.63) is 120 Å². The van der Waals surface area contributed by atoms with Crippen molar-refractivity contribution < 1.29 is 249 Å². The summed E-state index contributed by atoms with van der Waals surface area (Å²) < 4.78 is 726. The zero-order valence-corrected chi connectivity index (χ0v) is 66.0. The number of nitrogens with zero attached hydrogens (tertiary/aromatic N) is 2. The topological polar surface area (TPSA) is 131 Å². The van der Waals surface area contributed by atoms with Crippen molar-refractivity contribution >= 4 is 46.4 Å². The second kappa shape index (κ2) is 35.5. The first-order valence-corrected chi connectivity index (χ1v) is 35.8. The van der Waals surface area contributed by atoms with Crippen LogP contribution in [0.2, 0.25) is 0 Å². The van der Waals surface area contributed by atoms with Crippen LogP contribution in [0.3, 0.4) is 0 Å². The summed E-state index contributed by atoms with van der Waals surface area (Å²) in [6.07, 6.45) is -20.1. The van der Waals surface area contributed by atoms with Gasteiger partial charge in [0.05, 0.1) is 51.2 Å². The summed E-state index contributed by atoms with van der Waals surface area (Å²) in [5, 5.41) is 0. The lowest BCUT2D eigenvalue weighted by molar-refractivity contribution is -0.414. The maximum absolute atomic E-state index is 15.3. The standard InChI is InChI=1S/C76H46F48N4O8/c1-129-45-21-29(5-17-41(45)133-25-57(85,86)65(101,102)73(117,118)69(109,110)61(93,94)53(77)78)49-33-9-11-35(125-33)50(30-6-18-42(46(22-30)130-2)134-26-58(87,88)66(103,104)74(119,120)70(111,112)62(95,96)54(79)80)37-13-15-39(127-37)52(32-8-20-44(48(24-32)132-4)136-28-60(91,92)68(107,108)76(123,124)72(115,116)64(99,100)56(83)84)40-16-14-38(128-40)51(36-12-10-34(49)126-36)31-7-19-43(47(23-31)131-3)135-27-59(89,90)67(105,106)75(121,122)71(113,114)63(97,98)55(81)82/h5-24,53-56,125,128H,25-28H2,1-4H3. The van der Waals surface area contributed by atoms with E-state index in [9.17, 15) is 176 Å². The van der Waals surface area contributed by atoms with Gasteiger partial charge < -0.3 is 47.9 Å². The summed E-state index contributed by atoms with van der Waals surface area (Å²) in [5.41, 5.74) is -9.01. The second-order valence-electron chi connectivity index (χ2n) is 28.5. The molecule has 60 heteroatoms. The van der Waals surface area contributed by atoms with Crippen LogP contribution in [-0.2, 0) is 0 Å². The Morgan fingerprint density at radius 1 is 0.221 bits per heavy atom. The molecular formula is C76H46F48N4O8. The molecule has 0 aliphatic carbocycles. The number of H-pyrrole nitrogens is 2. The van der Waals surface area contributed by atoms with Crippen molar-refractivity contribution in [2.45, 2.75) is 144 Å². The van der Waals surface area contributed by atoms with Crippen LogP contribution in [0.4, 0.5) is 211 Å². The van der Waals surface area contributed by atoms with Gasteiger partial charge in [-0.2, -0.15) is 176 Å². The van der Waals surface area contributed by atoms with E-state index in [-0.39, 0.29) is 0 Å². The number of alkyl halides is 48. The quantitative estimate of drug-likeness (QED) is 0.0358. The van der Waals surface area contributed by atoms with Gasteiger partial charge in [0, 0.05) is 44.3 Å². The first-order chi connectivity index (χ1) is 61.7. The number of hydrogen-bond acceptors (Lipinski definition) is 10. The first kappa shape index (κ1) is 108. The molecule has 12 nitrogen and oxygen atoms in total. The Morgan fingerprint density at radius 3 is 0.529 bits per heavy atom. The fraction of sp³-hybridized carbons (Fsp3) is 0.421. The van der Waals surface area contributed by atoms with E-state index >= 15 is 35.1 Å². The Hall–Kier alpha value is -11.5. The fourth-order valence-electron chi connectivity index (χ4n) is 12.3. The molecule has 7 aromatic rings. The molecule has 8 bridgehead atoms. The van der Waals surface area contributed by atoms with Gasteiger partial charge in [-0.15, -0.1) is 0 Å². The molecule has 0 fully saturated rings. The van der Waals surface area contributed by atoms with Gasteiger partial charge in [-0.05, 0) is 119 Å². The van der Waals surface area contributed by atoms with Gasteiger partial charge in [-0.1, -0.05) is 24.3 Å². The number of fused-ring (bicyclic) bond motifs is 8. The van der Waals surface area contributed by atoms with E-state index in [0.29, 0.717) is 101 Å². The molecule has 2 N–H and O–H groups in total. The summed E-state index contributed by atoms with van der Waals surface area (Å²) in [7, 11) is 2.22. The summed E-state index contributed by atoms with van der Waals surface area (Å²) in [6.45, 7) is -13.2. The first-order valence-electron chi connectivity index (χ1n) is 35.8. The van der Waals surface area contributed by atoms with Gasteiger partial charge >= 0.3 is 144 Å². The van der Waals surface area contributed by atoms with Gasteiger partial charge in [0.2, 0.25) is 0 Å². The molecule has 0 saturated carbocycles. The molecule has 0 amide bonds. The van der Waals surface area contributed by atoms with Gasteiger partial charge in [0.1, 0.15) is 0 Å². The average Bonchev–Trinajstić information content (AvgIpc) is 1.04. The van der Waals surface area contributed by atoms with Crippen molar-refractivity contribution in [3.8, 4) is 90.5 Å². The van der Waals surface area contributed by atoms with Crippen LogP contribution >= 0.6 is 0 Å². The van der Waals surface area contributed by atoms with Crippen LogP contribution in [0.25, 0.3) is 90.9 Å². The van der Waals surface area contributed by atoms with E-state index in [1.807, 2.05) is 0 Å². The van der Waals surface area contributed by atoms with E-state index in [1.54, 1.807) is 0 Å². The third kappa shape index (κ3) is 17.2. The average molecular weight is 2060 g/mol. The van der Waals surface area contributed by atoms with E-state index in [1.165, 1.54) is 0 Å². The summed E-state index contributed by atoms with van der Waals surface area (Å²) in [6, 6.07) is 10.0. The molecule has 754 valence electrons. The lowest BCUT2D eigenvalue weighted by atomic mass is 9.94. The number of halogens is 48. The van der Waals surface area contributed by atoms with Gasteiger partial charge in [-0.3, -0.25) is 0 Å². The Morgan fingerprint density at radius 2 is 0.382 bits per heavy atom. The summed E-state index contributed by atoms with van der Waals surface area (Å²) in [5.74, 6) is -163. The van der Waals surface area contributed by atoms with Crippen LogP contribution in [0.15, 0.2) is 97.1 Å². The highest BCUT2D eigenvalue weighted by molar-refractivity contribution is 6.00. The van der Waals surface area contributed by atoms with Crippen LogP contribution in [-0.4, -0.2) is 219 Å². The predicted molar refractivity (Wildman–Crippen MR) is 372 cm³/mol. The number of aromatic amines is 2. The number of aromatic nitrogens is 4. The van der Waals surface area contributed by atoms with Crippen molar-refractivity contribution in [1.82, 2.24) is 19.9 Å². The van der Waals surface area contributed by atoms with E-state index in [4.69, 9.17) is 18.9 Å². The van der Waals surface area contributed by atoms with Crippen molar-refractivity contribution in [3.63, 3.8) is 0 Å². The highest BCUT2D eigenvalue weighted by atomic mass is 19.4. The molecule has 136 heavy (non-hydrogen) atoms. The molecule has 4 aromatic carbocycles. The molecule has 0 radical (unpaired) electrons. The number of hydrogen-bond donors (Lipinski definition) is 2. The van der Waals surface area contributed by atoms with Gasteiger partial charge in [0.25, 0.3) is 0 Å². The summed E-state index contributed by atoms with van der Waals surface area (Å²) >= 11 is 0. The van der Waals surface area contributed by atoms with E-state index in [0.717, 1.165) is 48.6 Å². The Kier molecular flexibility index (Phi) is 28.2. The SMILES string of the molecule is COc1cc(-c2c3nc(c(-c4ccc(OCC(F)(F)C(F)(F)C(F)(F)C(F)(F)C(F)(F)C(F)F)c(OC)c4)c4ccc([nH]4)c(-c4ccc(OCC(F)(F)C(F)(F)C(F)(F)C(F)(F)C(F)(F)C(F)F)c(OC)c4)c4nc(c(-c5ccc(OCC(F)(F)C(F)(F)C(F)(F)C(F)(F)C(F)(F)C(F)F)c(OC)c5)c5ccc2[nH]5)C=C4)C=C3)ccc1OCC(F)(F)C(F)(F)C(F)(F)C(F)(F)C(F)(F)C(F)F. The lowest BCUT2D eigenvalue weighted by Gasteiger charge is -2.39. The van der Waals surface area contributed by atoms with Gasteiger partial charge in [-0.25, -0.2) is 45.1 Å². The van der Waals surface area contributed by atoms with Crippen molar-refractivity contribution in [2.24, 2.45) is 0 Å². The maximum atomic E-state index is 15.3. The molecule has 0 unspecified atom stereocenters. The molecule has 5 heterocycles. The third-order valence-corrected chi connectivity index (χ3v) is 20.0. The van der Waals surface area contributed by atoms with Crippen LogP contribution < -0.4 is 37.9 Å². The maximum Gasteiger partial charge on any atom is 0.384 e. The highest BCUT2D eigenvalue weighted by Crippen LogP contribution is 2.64. The van der Waals surface area contributed by atoms with Crippen molar-refractivity contribution in [2.75, 3.05) is 54.9 Å². The Bertz CT molecular complexity index is 5140. The minimum atomic E-state index is -8.11. The van der Waals surface area contributed by atoms with Crippen LogP contribution in [0.5, 0.6) is 46.0 Å². The van der Waals surface area contributed by atoms with Crippen molar-refractivity contribution in [1.29, 1.82) is 0 Å². The number of rotatable bonds is 40. The zero-order chi connectivity index (χ0) is 104. The van der Waals surface area contributed by atoms with Crippen LogP contribution in [0.1, 0.15) is 22.8 Å². The number of benzene rings is 4. The minimum absolute atomic E-state index is 0.363. The number of nitrogens with one attached hydrogen (secondary N) is 2. The molecule has 2 aliphatic rings. The summed E-state index contributed by atoms with van der Waals surface area (Å²) in [4.78, 5) is 14.6. The molecule has 3 aromatic heterocycles. The molecule has 0 saturated heterocycles. The zero-order valence-electron chi connectivity index (χ0n) is 66.0. The normalized spacial score (nSPS) is 14.6. The smallest absolute Gasteiger partial charge is 0.384 e. The molecule has 2 aliphatic heterocycles. The fourth-order valence-corrected chi connectivity index (χ4v) is 12.3. The third-order valence-electron chi connectivity index (χ3n) is 20.0. The Balaban J connectivity index is 1.34.